The summed E-state index contributed by atoms with van der Waals surface area (Å²) in [5.41, 5.74) is 1.19. The van der Waals surface area contributed by atoms with Gasteiger partial charge in [0.1, 0.15) is 5.75 Å². The lowest BCUT2D eigenvalue weighted by atomic mass is 10.1. The second-order valence-corrected chi connectivity index (χ2v) is 5.95. The van der Waals surface area contributed by atoms with Crippen LogP contribution in [0.25, 0.3) is 0 Å². The Morgan fingerprint density at radius 1 is 1.40 bits per heavy atom. The average Bonchev–Trinajstić information content (AvgIpc) is 3.15. The first kappa shape index (κ1) is 13.4. The third-order valence-corrected chi connectivity index (χ3v) is 4.30. The molecule has 1 aromatic rings. The number of amides is 1. The van der Waals surface area contributed by atoms with Gasteiger partial charge in [0.2, 0.25) is 0 Å². The van der Waals surface area contributed by atoms with Gasteiger partial charge in [0.15, 0.2) is 0 Å². The van der Waals surface area contributed by atoms with E-state index in [4.69, 9.17) is 0 Å². The van der Waals surface area contributed by atoms with E-state index in [9.17, 15) is 9.90 Å². The van der Waals surface area contributed by atoms with E-state index in [0.717, 1.165) is 37.9 Å². The molecule has 2 N–H and O–H groups in total. The van der Waals surface area contributed by atoms with Crippen molar-refractivity contribution in [1.82, 2.24) is 10.2 Å². The van der Waals surface area contributed by atoms with Gasteiger partial charge in [-0.3, -0.25) is 4.79 Å². The van der Waals surface area contributed by atoms with Crippen molar-refractivity contribution >= 4 is 5.91 Å². The number of benzene rings is 1. The van der Waals surface area contributed by atoms with Gasteiger partial charge in [-0.05, 0) is 50.8 Å². The van der Waals surface area contributed by atoms with E-state index in [1.54, 1.807) is 6.07 Å². The molecule has 1 heterocycles. The Kier molecular flexibility index (Phi) is 3.66. The third-order valence-electron chi connectivity index (χ3n) is 4.30. The van der Waals surface area contributed by atoms with E-state index >= 15 is 0 Å². The topological polar surface area (TPSA) is 52.6 Å². The van der Waals surface area contributed by atoms with Gasteiger partial charge in [0.25, 0.3) is 5.91 Å². The predicted octanol–water partition coefficient (Wildman–Crippen LogP) is 2.06. The van der Waals surface area contributed by atoms with Gasteiger partial charge >= 0.3 is 0 Å². The summed E-state index contributed by atoms with van der Waals surface area (Å²) < 4.78 is 0. The number of carbonyl (C=O) groups is 1. The highest BCUT2D eigenvalue weighted by Crippen LogP contribution is 2.31. The molecule has 4 heteroatoms. The lowest BCUT2D eigenvalue weighted by Gasteiger charge is -2.26. The molecule has 3 rings (SSSR count). The molecular formula is C16H22N2O2. The molecule has 1 unspecified atom stereocenters. The van der Waals surface area contributed by atoms with Crippen molar-refractivity contribution in [3.8, 4) is 5.75 Å². The minimum Gasteiger partial charge on any atom is -0.507 e. The Morgan fingerprint density at radius 2 is 2.20 bits per heavy atom. The van der Waals surface area contributed by atoms with Crippen molar-refractivity contribution in [2.45, 2.75) is 44.7 Å². The summed E-state index contributed by atoms with van der Waals surface area (Å²) in [6, 6.07) is 6.16. The SMILES string of the molecule is Cc1cccc(C(=O)N(CC2CCCN2)C2CC2)c1O. The number of aromatic hydroxyl groups is 1. The zero-order valence-corrected chi connectivity index (χ0v) is 11.9. The summed E-state index contributed by atoms with van der Waals surface area (Å²) in [7, 11) is 0. The van der Waals surface area contributed by atoms with E-state index in [1.807, 2.05) is 24.0 Å². The van der Waals surface area contributed by atoms with Crippen LogP contribution >= 0.6 is 0 Å². The van der Waals surface area contributed by atoms with Crippen molar-refractivity contribution in [2.75, 3.05) is 13.1 Å². The lowest BCUT2D eigenvalue weighted by Crippen LogP contribution is -2.42. The van der Waals surface area contributed by atoms with Crippen LogP contribution in [0.2, 0.25) is 0 Å². The van der Waals surface area contributed by atoms with E-state index in [-0.39, 0.29) is 11.7 Å². The zero-order valence-electron chi connectivity index (χ0n) is 11.9. The Morgan fingerprint density at radius 3 is 2.85 bits per heavy atom. The van der Waals surface area contributed by atoms with Crippen LogP contribution in [-0.2, 0) is 0 Å². The van der Waals surface area contributed by atoms with E-state index in [2.05, 4.69) is 5.32 Å². The summed E-state index contributed by atoms with van der Waals surface area (Å²) in [5.74, 6) is 0.102. The standard InChI is InChI=1S/C16H22N2O2/c1-11-4-2-6-14(15(11)19)16(20)18(13-7-8-13)10-12-5-3-9-17-12/h2,4,6,12-13,17,19H,3,5,7-10H2,1H3. The summed E-state index contributed by atoms with van der Waals surface area (Å²) in [5, 5.41) is 13.6. The number of para-hydroxylation sites is 1. The second-order valence-electron chi connectivity index (χ2n) is 5.95. The molecule has 20 heavy (non-hydrogen) atoms. The smallest absolute Gasteiger partial charge is 0.257 e. The Labute approximate surface area is 119 Å². The molecule has 1 atom stereocenters. The van der Waals surface area contributed by atoms with Crippen molar-refractivity contribution in [1.29, 1.82) is 0 Å². The Balaban J connectivity index is 1.79. The van der Waals surface area contributed by atoms with Crippen molar-refractivity contribution in [2.24, 2.45) is 0 Å². The molecule has 108 valence electrons. The van der Waals surface area contributed by atoms with Crippen LogP contribution in [0.4, 0.5) is 0 Å². The third kappa shape index (κ3) is 2.66. The maximum absolute atomic E-state index is 12.7. The fourth-order valence-electron chi connectivity index (χ4n) is 2.92. The number of hydrogen-bond donors (Lipinski definition) is 2. The minimum absolute atomic E-state index is 0.0256. The van der Waals surface area contributed by atoms with E-state index < -0.39 is 0 Å². The highest BCUT2D eigenvalue weighted by molar-refractivity contribution is 5.97. The molecule has 1 aromatic carbocycles. The van der Waals surface area contributed by atoms with Gasteiger partial charge in [0.05, 0.1) is 5.56 Å². The molecule has 1 saturated carbocycles. The number of nitrogens with one attached hydrogen (secondary N) is 1. The quantitative estimate of drug-likeness (QED) is 0.883. The van der Waals surface area contributed by atoms with Crippen LogP contribution < -0.4 is 5.32 Å². The molecule has 1 saturated heterocycles. The molecule has 2 aliphatic rings. The van der Waals surface area contributed by atoms with Gasteiger partial charge in [0, 0.05) is 18.6 Å². The first-order valence-electron chi connectivity index (χ1n) is 7.50. The average molecular weight is 274 g/mol. The molecular weight excluding hydrogens is 252 g/mol. The molecule has 4 nitrogen and oxygen atoms in total. The van der Waals surface area contributed by atoms with Crippen LogP contribution in [0.5, 0.6) is 5.75 Å². The van der Waals surface area contributed by atoms with Crippen LogP contribution in [0.1, 0.15) is 41.6 Å². The molecule has 0 bridgehead atoms. The van der Waals surface area contributed by atoms with Gasteiger partial charge in [-0.2, -0.15) is 0 Å². The number of phenolic OH excluding ortho intramolecular Hbond substituents is 1. The molecule has 1 aliphatic carbocycles. The molecule has 0 radical (unpaired) electrons. The number of rotatable bonds is 4. The van der Waals surface area contributed by atoms with Crippen molar-refractivity contribution < 1.29 is 9.90 Å². The van der Waals surface area contributed by atoms with E-state index in [0.29, 0.717) is 17.6 Å². The summed E-state index contributed by atoms with van der Waals surface area (Å²) in [4.78, 5) is 14.7. The van der Waals surface area contributed by atoms with Crippen molar-refractivity contribution in [3.63, 3.8) is 0 Å². The van der Waals surface area contributed by atoms with E-state index in [1.165, 1.54) is 6.42 Å². The van der Waals surface area contributed by atoms with Gasteiger partial charge in [-0.1, -0.05) is 12.1 Å². The van der Waals surface area contributed by atoms with Crippen LogP contribution in [0.3, 0.4) is 0 Å². The number of hydrogen-bond acceptors (Lipinski definition) is 3. The Bertz CT molecular complexity index is 505. The predicted molar refractivity (Wildman–Crippen MR) is 77.9 cm³/mol. The lowest BCUT2D eigenvalue weighted by molar-refractivity contribution is 0.0725. The fourth-order valence-corrected chi connectivity index (χ4v) is 2.92. The molecule has 0 aromatic heterocycles. The molecule has 1 aliphatic heterocycles. The summed E-state index contributed by atoms with van der Waals surface area (Å²) in [6.07, 6.45) is 4.50. The Hall–Kier alpha value is -1.55. The number of nitrogens with zero attached hydrogens (tertiary/aromatic N) is 1. The van der Waals surface area contributed by atoms with Crippen LogP contribution in [0, 0.1) is 6.92 Å². The molecule has 1 amide bonds. The minimum atomic E-state index is -0.0256. The summed E-state index contributed by atoms with van der Waals surface area (Å²) in [6.45, 7) is 3.63. The summed E-state index contributed by atoms with van der Waals surface area (Å²) >= 11 is 0. The van der Waals surface area contributed by atoms with Crippen molar-refractivity contribution in [3.05, 3.63) is 29.3 Å². The molecule has 0 spiro atoms. The number of carbonyl (C=O) groups excluding carboxylic acids is 1. The maximum Gasteiger partial charge on any atom is 0.257 e. The largest absolute Gasteiger partial charge is 0.507 e. The highest BCUT2D eigenvalue weighted by Gasteiger charge is 2.35. The number of phenols is 1. The fraction of sp³-hybridized carbons (Fsp3) is 0.562. The zero-order chi connectivity index (χ0) is 14.1. The maximum atomic E-state index is 12.7. The molecule has 2 fully saturated rings. The van der Waals surface area contributed by atoms with Crippen LogP contribution in [0.15, 0.2) is 18.2 Å². The normalized spacial score (nSPS) is 21.9. The van der Waals surface area contributed by atoms with Gasteiger partial charge in [-0.15, -0.1) is 0 Å². The van der Waals surface area contributed by atoms with Gasteiger partial charge in [-0.25, -0.2) is 0 Å². The highest BCUT2D eigenvalue weighted by atomic mass is 16.3. The van der Waals surface area contributed by atoms with Gasteiger partial charge < -0.3 is 15.3 Å². The number of aryl methyl sites for hydroxylation is 1. The first-order chi connectivity index (χ1) is 9.66. The second kappa shape index (κ2) is 5.44. The first-order valence-corrected chi connectivity index (χ1v) is 7.50. The monoisotopic (exact) mass is 274 g/mol. The van der Waals surface area contributed by atoms with Crippen LogP contribution in [-0.4, -0.2) is 41.1 Å².